The Morgan fingerprint density at radius 2 is 1.46 bits per heavy atom. The summed E-state index contributed by atoms with van der Waals surface area (Å²) in [5, 5.41) is 12.4. The van der Waals surface area contributed by atoms with E-state index >= 15 is 0 Å². The summed E-state index contributed by atoms with van der Waals surface area (Å²) in [5.74, 6) is 0.819. The quantitative estimate of drug-likeness (QED) is 0.277. The van der Waals surface area contributed by atoms with Crippen LogP contribution in [0.3, 0.4) is 0 Å². The van der Waals surface area contributed by atoms with Crippen LogP contribution in [0.25, 0.3) is 11.1 Å². The van der Waals surface area contributed by atoms with Gasteiger partial charge in [-0.1, -0.05) is 40.2 Å². The first-order valence-electron chi connectivity index (χ1n) is 13.7. The standard InChI is InChI=1S/C29H35BrN2O6S/c30-24-8-4-22(5-9-24)23-6-10-25(11-7-23)39(36,37)32-26(27(33)34)3-1-2-12-31-28(35)38-29-16-19-13-20(17-29)15-21(14-19)18-29/h4-11,19-21,26,32H,1-3,12-18H2,(H,31,35)(H,33,34). The van der Waals surface area contributed by atoms with Gasteiger partial charge in [0.05, 0.1) is 4.90 Å². The number of unbranched alkanes of at least 4 members (excludes halogenated alkanes) is 1. The zero-order chi connectivity index (χ0) is 27.6. The second-order valence-corrected chi connectivity index (χ2v) is 14.1. The lowest BCUT2D eigenvalue weighted by Crippen LogP contribution is -2.53. The molecule has 1 atom stereocenters. The van der Waals surface area contributed by atoms with E-state index < -0.39 is 28.1 Å². The van der Waals surface area contributed by atoms with Crippen LogP contribution in [0.1, 0.15) is 57.8 Å². The lowest BCUT2D eigenvalue weighted by Gasteiger charge is -2.55. The van der Waals surface area contributed by atoms with Crippen LogP contribution in [0.4, 0.5) is 4.79 Å². The molecule has 3 N–H and O–H groups in total. The third-order valence-corrected chi connectivity index (χ3v) is 10.4. The molecule has 1 amide bonds. The van der Waals surface area contributed by atoms with Crippen molar-refractivity contribution in [1.29, 1.82) is 0 Å². The number of sulfonamides is 1. The smallest absolute Gasteiger partial charge is 0.407 e. The molecule has 4 bridgehead atoms. The van der Waals surface area contributed by atoms with Crippen LogP contribution in [0.5, 0.6) is 0 Å². The van der Waals surface area contributed by atoms with Crippen molar-refractivity contribution in [3.63, 3.8) is 0 Å². The third kappa shape index (κ3) is 6.84. The average molecular weight is 620 g/mol. The highest BCUT2D eigenvalue weighted by molar-refractivity contribution is 9.10. The summed E-state index contributed by atoms with van der Waals surface area (Å²) < 4.78 is 34.9. The second kappa shape index (κ2) is 11.6. The number of carboxylic acid groups (broad SMARTS) is 1. The van der Waals surface area contributed by atoms with Gasteiger partial charge in [0.15, 0.2) is 0 Å². The summed E-state index contributed by atoms with van der Waals surface area (Å²) in [7, 11) is -4.02. The summed E-state index contributed by atoms with van der Waals surface area (Å²) >= 11 is 3.39. The molecule has 0 heterocycles. The van der Waals surface area contributed by atoms with Crippen LogP contribution in [0.15, 0.2) is 57.9 Å². The maximum absolute atomic E-state index is 12.9. The number of nitrogens with one attached hydrogen (secondary N) is 2. The number of alkyl carbamates (subject to hydrolysis) is 1. The van der Waals surface area contributed by atoms with Gasteiger partial charge >= 0.3 is 12.1 Å². The van der Waals surface area contributed by atoms with Crippen LogP contribution in [-0.2, 0) is 19.6 Å². The molecule has 1 unspecified atom stereocenters. The molecule has 39 heavy (non-hydrogen) atoms. The molecule has 0 aromatic heterocycles. The molecular weight excluding hydrogens is 584 g/mol. The molecule has 0 aliphatic heterocycles. The van der Waals surface area contributed by atoms with Gasteiger partial charge in [0.2, 0.25) is 10.0 Å². The van der Waals surface area contributed by atoms with Gasteiger partial charge in [0, 0.05) is 11.0 Å². The van der Waals surface area contributed by atoms with Crippen molar-refractivity contribution in [2.45, 2.75) is 74.3 Å². The van der Waals surface area contributed by atoms with Crippen molar-refractivity contribution in [2.24, 2.45) is 17.8 Å². The predicted octanol–water partition coefficient (Wildman–Crippen LogP) is 5.71. The number of rotatable bonds is 11. The molecule has 10 heteroatoms. The number of aliphatic carboxylic acids is 1. The summed E-state index contributed by atoms with van der Waals surface area (Å²) in [6, 6.07) is 12.7. The number of benzene rings is 2. The summed E-state index contributed by atoms with van der Waals surface area (Å²) in [5.41, 5.74) is 1.49. The Bertz CT molecular complexity index is 1260. The molecule has 210 valence electrons. The first kappa shape index (κ1) is 28.1. The van der Waals surface area contributed by atoms with E-state index in [9.17, 15) is 23.1 Å². The highest BCUT2D eigenvalue weighted by Gasteiger charge is 2.53. The Morgan fingerprint density at radius 3 is 2.00 bits per heavy atom. The maximum Gasteiger partial charge on any atom is 0.407 e. The Hall–Kier alpha value is -2.43. The van der Waals surface area contributed by atoms with Crippen molar-refractivity contribution in [1.82, 2.24) is 10.0 Å². The van der Waals surface area contributed by atoms with Crippen molar-refractivity contribution >= 4 is 38.0 Å². The molecular formula is C29H35BrN2O6S. The largest absolute Gasteiger partial charge is 0.480 e. The van der Waals surface area contributed by atoms with Gasteiger partial charge in [0.25, 0.3) is 0 Å². The van der Waals surface area contributed by atoms with Crippen LogP contribution in [0.2, 0.25) is 0 Å². The van der Waals surface area contributed by atoms with E-state index in [1.807, 2.05) is 24.3 Å². The monoisotopic (exact) mass is 618 g/mol. The van der Waals surface area contributed by atoms with E-state index in [4.69, 9.17) is 4.74 Å². The van der Waals surface area contributed by atoms with E-state index in [2.05, 4.69) is 26.0 Å². The van der Waals surface area contributed by atoms with Gasteiger partial charge in [-0.15, -0.1) is 0 Å². The highest BCUT2D eigenvalue weighted by atomic mass is 79.9. The van der Waals surface area contributed by atoms with Gasteiger partial charge in [-0.3, -0.25) is 4.79 Å². The number of hydrogen-bond acceptors (Lipinski definition) is 5. The van der Waals surface area contributed by atoms with Crippen molar-refractivity contribution in [2.75, 3.05) is 6.54 Å². The summed E-state index contributed by atoms with van der Waals surface area (Å²) in [4.78, 5) is 24.3. The maximum atomic E-state index is 12.9. The SMILES string of the molecule is O=C(NCCCCC(NS(=O)(=O)c1ccc(-c2ccc(Br)cc2)cc1)C(=O)O)OC12CC3CC(CC(C3)C1)C2. The molecule has 4 aliphatic rings. The number of carbonyl (C=O) groups is 2. The number of ether oxygens (including phenoxy) is 1. The highest BCUT2D eigenvalue weighted by Crippen LogP contribution is 2.57. The molecule has 6 rings (SSSR count). The average Bonchev–Trinajstić information content (AvgIpc) is 2.87. The van der Waals surface area contributed by atoms with E-state index in [1.165, 1.54) is 31.4 Å². The molecule has 0 saturated heterocycles. The van der Waals surface area contributed by atoms with Gasteiger partial charge in [-0.25, -0.2) is 13.2 Å². The van der Waals surface area contributed by atoms with Crippen molar-refractivity contribution in [3.05, 3.63) is 53.0 Å². The van der Waals surface area contributed by atoms with Crippen LogP contribution in [-0.4, -0.2) is 43.8 Å². The van der Waals surface area contributed by atoms with Crippen LogP contribution in [0, 0.1) is 17.8 Å². The van der Waals surface area contributed by atoms with Gasteiger partial charge in [0.1, 0.15) is 11.6 Å². The van der Waals surface area contributed by atoms with Crippen LogP contribution < -0.4 is 10.0 Å². The number of amides is 1. The fraction of sp³-hybridized carbons (Fsp3) is 0.517. The molecule has 4 aliphatic carbocycles. The summed E-state index contributed by atoms with van der Waals surface area (Å²) in [6.45, 7) is 0.349. The molecule has 2 aromatic carbocycles. The van der Waals surface area contributed by atoms with Crippen LogP contribution >= 0.6 is 15.9 Å². The normalized spacial score (nSPS) is 26.2. The lowest BCUT2D eigenvalue weighted by atomic mass is 9.54. The van der Waals surface area contributed by atoms with Gasteiger partial charge in [-0.05, 0) is 111 Å². The fourth-order valence-electron chi connectivity index (χ4n) is 7.01. The first-order chi connectivity index (χ1) is 18.6. The Labute approximate surface area is 238 Å². The zero-order valence-electron chi connectivity index (χ0n) is 21.8. The van der Waals surface area contributed by atoms with E-state index in [-0.39, 0.29) is 16.9 Å². The minimum Gasteiger partial charge on any atom is -0.480 e. The minimum atomic E-state index is -4.02. The number of halogens is 1. The topological polar surface area (TPSA) is 122 Å². The summed E-state index contributed by atoms with van der Waals surface area (Å²) in [6.07, 6.45) is 7.39. The number of hydrogen-bond donors (Lipinski definition) is 3. The molecule has 2 aromatic rings. The van der Waals surface area contributed by atoms with Crippen molar-refractivity contribution < 1.29 is 27.9 Å². The Balaban J connectivity index is 1.07. The molecule has 8 nitrogen and oxygen atoms in total. The van der Waals surface area contributed by atoms with E-state index in [0.717, 1.165) is 34.9 Å². The molecule has 4 fully saturated rings. The lowest BCUT2D eigenvalue weighted by molar-refractivity contribution is -0.139. The molecule has 0 spiro atoms. The van der Waals surface area contributed by atoms with Gasteiger partial charge in [-0.2, -0.15) is 4.72 Å². The Kier molecular flexibility index (Phi) is 8.35. The minimum absolute atomic E-state index is 0.00343. The number of carboxylic acids is 1. The number of carbonyl (C=O) groups excluding carboxylic acids is 1. The third-order valence-electron chi connectivity index (χ3n) is 8.42. The zero-order valence-corrected chi connectivity index (χ0v) is 24.2. The fourth-order valence-corrected chi connectivity index (χ4v) is 8.50. The second-order valence-electron chi connectivity index (χ2n) is 11.5. The Morgan fingerprint density at radius 1 is 0.923 bits per heavy atom. The first-order valence-corrected chi connectivity index (χ1v) is 16.0. The van der Waals surface area contributed by atoms with Crippen molar-refractivity contribution in [3.8, 4) is 11.1 Å². The predicted molar refractivity (Wildman–Crippen MR) is 151 cm³/mol. The van der Waals surface area contributed by atoms with E-state index in [1.54, 1.807) is 12.1 Å². The van der Waals surface area contributed by atoms with Gasteiger partial charge < -0.3 is 15.2 Å². The molecule has 0 radical (unpaired) electrons. The molecule has 4 saturated carbocycles. The van der Waals surface area contributed by atoms with E-state index in [0.29, 0.717) is 37.1 Å².